The Morgan fingerprint density at radius 3 is 1.47 bits per heavy atom. The van der Waals surface area contributed by atoms with Crippen molar-refractivity contribution in [2.45, 2.75) is 26.2 Å². The molecule has 150 valence electrons. The minimum absolute atomic E-state index is 0.165. The van der Waals surface area contributed by atoms with Crippen molar-refractivity contribution in [2.24, 2.45) is 9.98 Å². The molecule has 1 aromatic carbocycles. The van der Waals surface area contributed by atoms with Crippen LogP contribution in [0.1, 0.15) is 46.0 Å². The fourth-order valence-corrected chi connectivity index (χ4v) is 3.43. The lowest BCUT2D eigenvalue weighted by molar-refractivity contribution is 0.566. The van der Waals surface area contributed by atoms with Crippen LogP contribution < -0.4 is 21.7 Å². The van der Waals surface area contributed by atoms with Gasteiger partial charge in [0.05, 0.1) is 0 Å². The van der Waals surface area contributed by atoms with E-state index in [1.807, 2.05) is 38.1 Å². The minimum Gasteiger partial charge on any atom is -0.302 e. The van der Waals surface area contributed by atoms with Crippen molar-refractivity contribution in [1.82, 2.24) is 31.7 Å². The second kappa shape index (κ2) is 7.66. The third-order valence-corrected chi connectivity index (χ3v) is 5.06. The van der Waals surface area contributed by atoms with Gasteiger partial charge in [0.15, 0.2) is 11.7 Å². The van der Waals surface area contributed by atoms with E-state index in [1.54, 1.807) is 12.4 Å². The number of nitrogens with zero attached hydrogens (tertiary/aromatic N) is 4. The van der Waals surface area contributed by atoms with Crippen LogP contribution in [0.3, 0.4) is 0 Å². The summed E-state index contributed by atoms with van der Waals surface area (Å²) in [4.78, 5) is 18.2. The maximum absolute atomic E-state index is 4.72. The van der Waals surface area contributed by atoms with Gasteiger partial charge in [0.2, 0.25) is 0 Å². The third-order valence-electron chi connectivity index (χ3n) is 5.06. The van der Waals surface area contributed by atoms with E-state index in [9.17, 15) is 0 Å². The molecule has 0 fully saturated rings. The summed E-state index contributed by atoms with van der Waals surface area (Å²) in [5.74, 6) is 1.49. The first-order valence-electron chi connectivity index (χ1n) is 9.80. The van der Waals surface area contributed by atoms with Crippen LogP contribution in [0.25, 0.3) is 0 Å². The summed E-state index contributed by atoms with van der Waals surface area (Å²) in [7, 11) is 0. The van der Waals surface area contributed by atoms with E-state index < -0.39 is 0 Å². The molecule has 2 atom stereocenters. The van der Waals surface area contributed by atoms with Gasteiger partial charge in [-0.05, 0) is 60.4 Å². The maximum Gasteiger partial charge on any atom is 0.163 e. The number of hydrogen-bond acceptors (Lipinski definition) is 8. The lowest BCUT2D eigenvalue weighted by Gasteiger charge is -2.11. The van der Waals surface area contributed by atoms with Gasteiger partial charge in [0, 0.05) is 12.4 Å². The van der Waals surface area contributed by atoms with Crippen LogP contribution in [0.4, 0.5) is 0 Å². The van der Waals surface area contributed by atoms with Crippen molar-refractivity contribution in [2.75, 3.05) is 0 Å². The van der Waals surface area contributed by atoms with Crippen LogP contribution in [0.2, 0.25) is 0 Å². The molecule has 2 unspecified atom stereocenters. The van der Waals surface area contributed by atoms with Gasteiger partial charge in [-0.3, -0.25) is 9.97 Å². The molecule has 0 aliphatic carbocycles. The molecule has 5 rings (SSSR count). The molecule has 30 heavy (non-hydrogen) atoms. The highest BCUT2D eigenvalue weighted by Crippen LogP contribution is 2.23. The highest BCUT2D eigenvalue weighted by molar-refractivity contribution is 5.98. The van der Waals surface area contributed by atoms with Crippen LogP contribution in [0.5, 0.6) is 0 Å². The Hall–Kier alpha value is -3.62. The summed E-state index contributed by atoms with van der Waals surface area (Å²) in [6, 6.07) is 16.2. The van der Waals surface area contributed by atoms with Crippen molar-refractivity contribution in [3.05, 3.63) is 94.6 Å². The predicted molar refractivity (Wildman–Crippen MR) is 115 cm³/mol. The standard InChI is InChI=1S/C22H22N8/c1-13-7-9-23-17(11-13)21-25-19(27-29-21)15-3-5-16(6-4-15)20-26-22(30-28-20)18-12-14(2)8-10-24-18/h3-12,19-20,27-28H,1-2H3,(H,25,29)(H,26,30). The zero-order valence-corrected chi connectivity index (χ0v) is 16.7. The van der Waals surface area contributed by atoms with Gasteiger partial charge in [-0.2, -0.15) is 0 Å². The van der Waals surface area contributed by atoms with E-state index in [4.69, 9.17) is 9.98 Å². The van der Waals surface area contributed by atoms with Crippen LogP contribution in [0.15, 0.2) is 70.9 Å². The van der Waals surface area contributed by atoms with Crippen molar-refractivity contribution < 1.29 is 0 Å². The lowest BCUT2D eigenvalue weighted by atomic mass is 10.1. The first-order valence-corrected chi connectivity index (χ1v) is 9.80. The Bertz CT molecular complexity index is 1050. The van der Waals surface area contributed by atoms with Gasteiger partial charge in [-0.15, -0.1) is 0 Å². The Kier molecular flexibility index (Phi) is 4.70. The lowest BCUT2D eigenvalue weighted by Crippen LogP contribution is -2.32. The van der Waals surface area contributed by atoms with Crippen molar-refractivity contribution in [3.8, 4) is 0 Å². The number of aryl methyl sites for hydroxylation is 2. The maximum atomic E-state index is 4.72. The van der Waals surface area contributed by atoms with Gasteiger partial charge >= 0.3 is 0 Å². The Morgan fingerprint density at radius 2 is 1.07 bits per heavy atom. The van der Waals surface area contributed by atoms with E-state index in [0.29, 0.717) is 0 Å². The molecule has 0 saturated heterocycles. The van der Waals surface area contributed by atoms with E-state index in [1.165, 1.54) is 0 Å². The second-order valence-corrected chi connectivity index (χ2v) is 7.40. The SMILES string of the molecule is Cc1ccnc(C2=NC(c3ccc(C4N=C(c5cc(C)ccn5)NN4)cc3)NN2)c1. The second-order valence-electron chi connectivity index (χ2n) is 7.40. The molecule has 0 spiro atoms. The smallest absolute Gasteiger partial charge is 0.163 e. The number of pyridine rings is 2. The fourth-order valence-electron chi connectivity index (χ4n) is 3.43. The zero-order chi connectivity index (χ0) is 20.5. The van der Waals surface area contributed by atoms with Gasteiger partial charge in [-0.25, -0.2) is 20.8 Å². The molecule has 2 aromatic heterocycles. The number of aliphatic imine (C=N–C) groups is 2. The molecular weight excluding hydrogens is 376 g/mol. The minimum atomic E-state index is -0.165. The van der Waals surface area contributed by atoms with Gasteiger partial charge in [0.25, 0.3) is 0 Å². The summed E-state index contributed by atoms with van der Waals surface area (Å²) in [6.07, 6.45) is 3.25. The highest BCUT2D eigenvalue weighted by atomic mass is 15.5. The molecule has 2 aliphatic heterocycles. The monoisotopic (exact) mass is 398 g/mol. The highest BCUT2D eigenvalue weighted by Gasteiger charge is 2.22. The first kappa shape index (κ1) is 18.4. The molecular formula is C22H22N8. The largest absolute Gasteiger partial charge is 0.302 e. The molecule has 8 heteroatoms. The van der Waals surface area contributed by atoms with Crippen LogP contribution in [-0.2, 0) is 0 Å². The number of benzene rings is 1. The van der Waals surface area contributed by atoms with E-state index in [2.05, 4.69) is 55.9 Å². The van der Waals surface area contributed by atoms with E-state index in [0.717, 1.165) is 45.3 Å². The van der Waals surface area contributed by atoms with Crippen LogP contribution in [0, 0.1) is 13.8 Å². The quantitative estimate of drug-likeness (QED) is 0.538. The molecule has 2 aliphatic rings. The zero-order valence-electron chi connectivity index (χ0n) is 16.7. The molecule has 4 heterocycles. The molecule has 0 radical (unpaired) electrons. The molecule has 3 aromatic rings. The summed E-state index contributed by atoms with van der Waals surface area (Å²) in [5.41, 5.74) is 18.8. The fraction of sp³-hybridized carbons (Fsp3) is 0.182. The topological polar surface area (TPSA) is 98.6 Å². The van der Waals surface area contributed by atoms with Crippen molar-refractivity contribution in [1.29, 1.82) is 0 Å². The number of aromatic nitrogens is 2. The molecule has 4 N–H and O–H groups in total. The molecule has 8 nitrogen and oxygen atoms in total. The number of nitrogens with one attached hydrogen (secondary N) is 4. The summed E-state index contributed by atoms with van der Waals surface area (Å²) in [5, 5.41) is 0. The van der Waals surface area contributed by atoms with Crippen LogP contribution in [-0.4, -0.2) is 21.6 Å². The molecule has 0 amide bonds. The Labute approximate surface area is 174 Å². The third kappa shape index (κ3) is 3.66. The van der Waals surface area contributed by atoms with E-state index in [-0.39, 0.29) is 12.3 Å². The van der Waals surface area contributed by atoms with Gasteiger partial charge in [0.1, 0.15) is 23.7 Å². The number of hydrogen-bond donors (Lipinski definition) is 4. The molecule has 0 saturated carbocycles. The van der Waals surface area contributed by atoms with Crippen LogP contribution >= 0.6 is 0 Å². The molecule has 0 bridgehead atoms. The average Bonchev–Trinajstić information content (AvgIpc) is 3.44. The van der Waals surface area contributed by atoms with Crippen molar-refractivity contribution in [3.63, 3.8) is 0 Å². The van der Waals surface area contributed by atoms with Gasteiger partial charge < -0.3 is 10.9 Å². The normalized spacial score (nSPS) is 20.3. The first-order chi connectivity index (χ1) is 14.7. The average molecular weight is 398 g/mol. The Morgan fingerprint density at radius 1 is 0.633 bits per heavy atom. The summed E-state index contributed by atoms with van der Waals surface area (Å²) >= 11 is 0. The number of hydrazine groups is 2. The summed E-state index contributed by atoms with van der Waals surface area (Å²) < 4.78 is 0. The number of amidine groups is 2. The van der Waals surface area contributed by atoms with Crippen molar-refractivity contribution >= 4 is 11.7 Å². The number of rotatable bonds is 4. The Balaban J connectivity index is 1.32. The predicted octanol–water partition coefficient (Wildman–Crippen LogP) is 2.20. The summed E-state index contributed by atoms with van der Waals surface area (Å²) in [6.45, 7) is 4.08. The van der Waals surface area contributed by atoms with E-state index >= 15 is 0 Å². The van der Waals surface area contributed by atoms with Gasteiger partial charge in [-0.1, -0.05) is 24.3 Å².